The highest BCUT2D eigenvalue weighted by Gasteiger charge is 2.10. The normalized spacial score (nSPS) is 19.3. The Labute approximate surface area is 75.2 Å². The van der Waals surface area contributed by atoms with E-state index in [4.69, 9.17) is 4.74 Å². The minimum Gasteiger partial charge on any atom is -0.463 e. The minimum atomic E-state index is 0. The van der Waals surface area contributed by atoms with Gasteiger partial charge < -0.3 is 4.74 Å². The van der Waals surface area contributed by atoms with Crippen LogP contribution in [0.4, 0.5) is 0 Å². The number of nitrogens with one attached hydrogen (secondary N) is 1. The number of hydrogen-bond acceptors (Lipinski definition) is 6. The molecule has 0 bridgehead atoms. The zero-order valence-corrected chi connectivity index (χ0v) is 7.04. The van der Waals surface area contributed by atoms with Crippen LogP contribution in [0.5, 0.6) is 0 Å². The van der Waals surface area contributed by atoms with Crippen LogP contribution < -0.4 is 5.32 Å². The van der Waals surface area contributed by atoms with Crippen molar-refractivity contribution in [3.8, 4) is 0 Å². The van der Waals surface area contributed by atoms with Crippen LogP contribution in [0.15, 0.2) is 20.2 Å². The molecular weight excluding hydrogens is 182 g/mol. The van der Waals surface area contributed by atoms with Crippen molar-refractivity contribution >= 4 is 24.4 Å². The molecule has 66 valence electrons. The molecule has 2 aliphatic heterocycles. The summed E-state index contributed by atoms with van der Waals surface area (Å²) in [4.78, 5) is 7.91. The second-order valence-electron chi connectivity index (χ2n) is 2.02. The Morgan fingerprint density at radius 3 is 2.83 bits per heavy atom. The topological polar surface area (TPSA) is 70.7 Å². The summed E-state index contributed by atoms with van der Waals surface area (Å²) in [6.45, 7) is 1.73. The fourth-order valence-corrected chi connectivity index (χ4v) is 0.800. The fourth-order valence-electron chi connectivity index (χ4n) is 0.800. The molecule has 2 rings (SSSR count). The van der Waals surface area contributed by atoms with Crippen molar-refractivity contribution in [3.05, 3.63) is 0 Å². The predicted molar refractivity (Wildman–Crippen MR) is 45.8 cm³/mol. The molecule has 0 aliphatic carbocycles. The van der Waals surface area contributed by atoms with Crippen LogP contribution in [0.3, 0.4) is 0 Å². The summed E-state index contributed by atoms with van der Waals surface area (Å²) in [5.74, 6) is 0.477. The maximum Gasteiger partial charge on any atom is 0.291 e. The first-order valence-electron chi connectivity index (χ1n) is 3.31. The molecule has 0 atom stereocenters. The van der Waals surface area contributed by atoms with Gasteiger partial charge in [-0.2, -0.15) is 5.11 Å². The van der Waals surface area contributed by atoms with Gasteiger partial charge in [-0.1, -0.05) is 0 Å². The second kappa shape index (κ2) is 4.01. The van der Waals surface area contributed by atoms with Gasteiger partial charge in [-0.3, -0.25) is 5.32 Å². The minimum absolute atomic E-state index is 0. The Kier molecular flexibility index (Phi) is 2.98. The van der Waals surface area contributed by atoms with E-state index in [-0.39, 0.29) is 12.4 Å². The van der Waals surface area contributed by atoms with Gasteiger partial charge in [-0.15, -0.1) is 17.5 Å². The van der Waals surface area contributed by atoms with E-state index in [2.05, 4.69) is 25.5 Å². The zero-order chi connectivity index (χ0) is 7.52. The van der Waals surface area contributed by atoms with Gasteiger partial charge in [-0.05, 0) is 0 Å². The molecule has 2 aliphatic rings. The Morgan fingerprint density at radius 2 is 2.25 bits per heavy atom. The largest absolute Gasteiger partial charge is 0.463 e. The molecule has 0 radical (unpaired) electrons. The van der Waals surface area contributed by atoms with Crippen LogP contribution in [0.2, 0.25) is 0 Å². The quantitative estimate of drug-likeness (QED) is 0.590. The Morgan fingerprint density at radius 1 is 1.33 bits per heavy atom. The molecule has 0 unspecified atom stereocenters. The number of halogens is 1. The van der Waals surface area contributed by atoms with Crippen molar-refractivity contribution in [2.75, 3.05) is 19.8 Å². The third-order valence-electron chi connectivity index (χ3n) is 1.25. The van der Waals surface area contributed by atoms with Gasteiger partial charge in [0.05, 0.1) is 6.54 Å². The number of amidine groups is 1. The molecule has 0 aromatic rings. The average Bonchev–Trinajstić information content (AvgIpc) is 2.60. The molecular formula is C5H8ClN5O. The summed E-state index contributed by atoms with van der Waals surface area (Å²) in [5, 5.41) is 10.2. The number of nitrogens with zero attached hydrogens (tertiary/aromatic N) is 4. The molecule has 7 heteroatoms. The van der Waals surface area contributed by atoms with Crippen LogP contribution in [0.25, 0.3) is 0 Å². The van der Waals surface area contributed by atoms with E-state index in [0.717, 1.165) is 0 Å². The Balaban J connectivity index is 0.000000720. The summed E-state index contributed by atoms with van der Waals surface area (Å²) in [7, 11) is 0. The van der Waals surface area contributed by atoms with E-state index in [0.29, 0.717) is 31.8 Å². The molecule has 0 fully saturated rings. The summed E-state index contributed by atoms with van der Waals surface area (Å²) < 4.78 is 5.07. The van der Waals surface area contributed by atoms with Crippen molar-refractivity contribution < 1.29 is 4.74 Å². The van der Waals surface area contributed by atoms with Gasteiger partial charge in [0, 0.05) is 0 Å². The standard InChI is InChI=1S/C5H7N5O.ClH/c1-2-11-5(6-1)9-4-7-3-8-10-4;/h1-3H2,(H,6,7,9);1H. The molecule has 6 nitrogen and oxygen atoms in total. The van der Waals surface area contributed by atoms with Gasteiger partial charge in [0.2, 0.25) is 5.96 Å². The van der Waals surface area contributed by atoms with Crippen molar-refractivity contribution in [3.63, 3.8) is 0 Å². The lowest BCUT2D eigenvalue weighted by atomic mass is 10.8. The SMILES string of the molecule is C1N=NC(NC2=NCCO2)=N1.Cl. The van der Waals surface area contributed by atoms with E-state index in [9.17, 15) is 0 Å². The van der Waals surface area contributed by atoms with Crippen molar-refractivity contribution in [2.24, 2.45) is 20.2 Å². The number of rotatable bonds is 0. The van der Waals surface area contributed by atoms with Gasteiger partial charge >= 0.3 is 0 Å². The molecule has 12 heavy (non-hydrogen) atoms. The summed E-state index contributed by atoms with van der Waals surface area (Å²) in [5.41, 5.74) is 0. The predicted octanol–water partition coefficient (Wildman–Crippen LogP) is 0.163. The highest BCUT2D eigenvalue weighted by molar-refractivity contribution is 5.97. The lowest BCUT2D eigenvalue weighted by Gasteiger charge is -1.99. The molecule has 0 saturated heterocycles. The highest BCUT2D eigenvalue weighted by Crippen LogP contribution is 1.95. The molecule has 0 aromatic heterocycles. The maximum atomic E-state index is 5.07. The number of azo groups is 1. The fraction of sp³-hybridized carbons (Fsp3) is 0.600. The van der Waals surface area contributed by atoms with Gasteiger partial charge in [-0.25, -0.2) is 9.98 Å². The highest BCUT2D eigenvalue weighted by atomic mass is 35.5. The lowest BCUT2D eigenvalue weighted by Crippen LogP contribution is -2.28. The maximum absolute atomic E-state index is 5.07. The number of hydrogen-bond donors (Lipinski definition) is 1. The molecule has 1 N–H and O–H groups in total. The summed E-state index contributed by atoms with van der Waals surface area (Å²) in [6, 6.07) is 0.490. The number of ether oxygens (including phenoxy) is 1. The van der Waals surface area contributed by atoms with E-state index in [1.54, 1.807) is 0 Å². The molecule has 2 heterocycles. The lowest BCUT2D eigenvalue weighted by molar-refractivity contribution is 0.338. The van der Waals surface area contributed by atoms with Gasteiger partial charge in [0.15, 0.2) is 6.67 Å². The van der Waals surface area contributed by atoms with Crippen LogP contribution >= 0.6 is 12.4 Å². The number of guanidine groups is 1. The van der Waals surface area contributed by atoms with Crippen LogP contribution in [-0.4, -0.2) is 31.8 Å². The number of aliphatic imine (C=N–C) groups is 2. The summed E-state index contributed by atoms with van der Waals surface area (Å²) in [6.07, 6.45) is 0. The first-order chi connectivity index (χ1) is 5.45. The average molecular weight is 190 g/mol. The molecule has 0 aromatic carbocycles. The smallest absolute Gasteiger partial charge is 0.291 e. The molecule has 0 spiro atoms. The van der Waals surface area contributed by atoms with Crippen LogP contribution in [0, 0.1) is 0 Å². The Hall–Kier alpha value is -1.17. The molecule has 0 saturated carbocycles. The monoisotopic (exact) mass is 189 g/mol. The van der Waals surface area contributed by atoms with Crippen LogP contribution in [-0.2, 0) is 4.74 Å². The first-order valence-corrected chi connectivity index (χ1v) is 3.31. The van der Waals surface area contributed by atoms with Crippen molar-refractivity contribution in [1.29, 1.82) is 0 Å². The summed E-state index contributed by atoms with van der Waals surface area (Å²) >= 11 is 0. The third kappa shape index (κ3) is 1.91. The zero-order valence-electron chi connectivity index (χ0n) is 6.23. The molecule has 0 amide bonds. The van der Waals surface area contributed by atoms with E-state index in [1.807, 2.05) is 0 Å². The van der Waals surface area contributed by atoms with Gasteiger partial charge in [0.25, 0.3) is 6.02 Å². The van der Waals surface area contributed by atoms with E-state index >= 15 is 0 Å². The van der Waals surface area contributed by atoms with E-state index < -0.39 is 0 Å². The van der Waals surface area contributed by atoms with Crippen LogP contribution in [0.1, 0.15) is 0 Å². The van der Waals surface area contributed by atoms with Crippen molar-refractivity contribution in [2.45, 2.75) is 0 Å². The Bertz CT molecular complexity index is 248. The second-order valence-corrected chi connectivity index (χ2v) is 2.02. The van der Waals surface area contributed by atoms with E-state index in [1.165, 1.54) is 0 Å². The van der Waals surface area contributed by atoms with Gasteiger partial charge in [0.1, 0.15) is 6.61 Å². The third-order valence-corrected chi connectivity index (χ3v) is 1.25. The van der Waals surface area contributed by atoms with Crippen molar-refractivity contribution in [1.82, 2.24) is 5.32 Å². The first kappa shape index (κ1) is 8.92.